The van der Waals surface area contributed by atoms with Crippen LogP contribution in [0.1, 0.15) is 31.8 Å². The van der Waals surface area contributed by atoms with E-state index in [4.69, 9.17) is 5.11 Å². The van der Waals surface area contributed by atoms with Gasteiger partial charge in [-0.15, -0.1) is 0 Å². The molecule has 0 spiro atoms. The van der Waals surface area contributed by atoms with E-state index in [9.17, 15) is 9.59 Å². The number of carboxylic acids is 1. The smallest absolute Gasteiger partial charge is 0.337 e. The average molecular weight is 270 g/mol. The van der Waals surface area contributed by atoms with E-state index in [0.29, 0.717) is 11.3 Å². The second kappa shape index (κ2) is 5.52. The Labute approximate surface area is 116 Å². The molecule has 102 valence electrons. The van der Waals surface area contributed by atoms with Crippen LogP contribution in [0.5, 0.6) is 0 Å². The Morgan fingerprint density at radius 2 is 1.80 bits per heavy atom. The van der Waals surface area contributed by atoms with E-state index in [0.717, 1.165) is 11.1 Å². The fraction of sp³-hybridized carbons (Fsp3) is 0.133. The number of carbonyl (C=O) groups is 2. The molecule has 1 aromatic carbocycles. The average Bonchev–Trinajstić information content (AvgIpc) is 2.38. The molecule has 1 aromatic heterocycles. The van der Waals surface area contributed by atoms with Gasteiger partial charge in [-0.3, -0.25) is 9.78 Å². The SMILES string of the molecule is Cc1cccc(C)c1C(=O)Nc1cncc(C(=O)O)c1. The summed E-state index contributed by atoms with van der Waals surface area (Å²) < 4.78 is 0. The third kappa shape index (κ3) is 2.83. The Hall–Kier alpha value is -2.69. The number of rotatable bonds is 3. The summed E-state index contributed by atoms with van der Waals surface area (Å²) in [5.41, 5.74) is 2.71. The van der Waals surface area contributed by atoms with Crippen molar-refractivity contribution in [3.8, 4) is 0 Å². The van der Waals surface area contributed by atoms with Gasteiger partial charge in [0, 0.05) is 11.8 Å². The lowest BCUT2D eigenvalue weighted by Gasteiger charge is -2.10. The molecular formula is C15H14N2O3. The van der Waals surface area contributed by atoms with Gasteiger partial charge in [0.05, 0.1) is 17.4 Å². The summed E-state index contributed by atoms with van der Waals surface area (Å²) in [6.07, 6.45) is 2.65. The minimum atomic E-state index is -1.08. The number of benzene rings is 1. The molecule has 0 aliphatic carbocycles. The summed E-state index contributed by atoms with van der Waals surface area (Å²) in [5.74, 6) is -1.36. The molecule has 1 amide bonds. The van der Waals surface area contributed by atoms with Gasteiger partial charge in [-0.2, -0.15) is 0 Å². The van der Waals surface area contributed by atoms with Crippen molar-refractivity contribution < 1.29 is 14.7 Å². The Morgan fingerprint density at radius 3 is 2.40 bits per heavy atom. The molecule has 2 N–H and O–H groups in total. The van der Waals surface area contributed by atoms with Crippen molar-refractivity contribution in [1.29, 1.82) is 0 Å². The molecule has 2 aromatic rings. The number of amides is 1. The van der Waals surface area contributed by atoms with Crippen LogP contribution in [0.15, 0.2) is 36.7 Å². The fourth-order valence-electron chi connectivity index (χ4n) is 1.99. The van der Waals surface area contributed by atoms with E-state index in [1.165, 1.54) is 18.5 Å². The Kier molecular flexibility index (Phi) is 3.79. The number of pyridine rings is 1. The number of aromatic nitrogens is 1. The lowest BCUT2D eigenvalue weighted by Crippen LogP contribution is -2.15. The number of carbonyl (C=O) groups excluding carboxylic acids is 1. The van der Waals surface area contributed by atoms with Crippen LogP contribution in [-0.4, -0.2) is 22.0 Å². The van der Waals surface area contributed by atoms with Crippen LogP contribution in [-0.2, 0) is 0 Å². The predicted molar refractivity (Wildman–Crippen MR) is 75.1 cm³/mol. The molecule has 0 aliphatic rings. The summed E-state index contributed by atoms with van der Waals surface area (Å²) in [4.78, 5) is 26.9. The second-order valence-corrected chi connectivity index (χ2v) is 4.49. The van der Waals surface area contributed by atoms with Gasteiger partial charge >= 0.3 is 5.97 Å². The van der Waals surface area contributed by atoms with Crippen LogP contribution in [0.2, 0.25) is 0 Å². The number of nitrogens with zero attached hydrogens (tertiary/aromatic N) is 1. The van der Waals surface area contributed by atoms with Crippen LogP contribution in [0.25, 0.3) is 0 Å². The number of nitrogens with one attached hydrogen (secondary N) is 1. The largest absolute Gasteiger partial charge is 0.478 e. The van der Waals surface area contributed by atoms with Crippen LogP contribution in [0.3, 0.4) is 0 Å². The van der Waals surface area contributed by atoms with Crippen LogP contribution in [0, 0.1) is 13.8 Å². The van der Waals surface area contributed by atoms with Crippen molar-refractivity contribution in [2.75, 3.05) is 5.32 Å². The van der Waals surface area contributed by atoms with Gasteiger partial charge in [-0.1, -0.05) is 18.2 Å². The maximum atomic E-state index is 12.3. The highest BCUT2D eigenvalue weighted by Crippen LogP contribution is 2.16. The van der Waals surface area contributed by atoms with Gasteiger partial charge in [0.1, 0.15) is 0 Å². The normalized spacial score (nSPS) is 10.1. The third-order valence-corrected chi connectivity index (χ3v) is 2.95. The van der Waals surface area contributed by atoms with E-state index in [2.05, 4.69) is 10.3 Å². The summed E-state index contributed by atoms with van der Waals surface area (Å²) in [5, 5.41) is 11.6. The van der Waals surface area contributed by atoms with Crippen LogP contribution < -0.4 is 5.32 Å². The number of carboxylic acid groups (broad SMARTS) is 1. The predicted octanol–water partition coefficient (Wildman–Crippen LogP) is 2.65. The minimum Gasteiger partial charge on any atom is -0.478 e. The van der Waals surface area contributed by atoms with Crippen LogP contribution >= 0.6 is 0 Å². The van der Waals surface area contributed by atoms with Crippen LogP contribution in [0.4, 0.5) is 5.69 Å². The molecule has 1 heterocycles. The van der Waals surface area contributed by atoms with E-state index in [-0.39, 0.29) is 11.5 Å². The first kappa shape index (κ1) is 13.7. The lowest BCUT2D eigenvalue weighted by atomic mass is 10.0. The van der Waals surface area contributed by atoms with Crippen molar-refractivity contribution in [3.63, 3.8) is 0 Å². The maximum Gasteiger partial charge on any atom is 0.337 e. The highest BCUT2D eigenvalue weighted by Gasteiger charge is 2.13. The molecule has 2 rings (SSSR count). The number of aryl methyl sites for hydroxylation is 2. The molecule has 0 aliphatic heterocycles. The zero-order chi connectivity index (χ0) is 14.7. The maximum absolute atomic E-state index is 12.3. The Morgan fingerprint density at radius 1 is 1.15 bits per heavy atom. The number of aromatic carboxylic acids is 1. The van der Waals surface area contributed by atoms with Crippen molar-refractivity contribution >= 4 is 17.6 Å². The summed E-state index contributed by atoms with van der Waals surface area (Å²) in [7, 11) is 0. The highest BCUT2D eigenvalue weighted by molar-refractivity contribution is 6.06. The van der Waals surface area contributed by atoms with Gasteiger partial charge in [0.25, 0.3) is 5.91 Å². The van der Waals surface area contributed by atoms with Crippen molar-refractivity contribution in [1.82, 2.24) is 4.98 Å². The monoisotopic (exact) mass is 270 g/mol. The first-order valence-electron chi connectivity index (χ1n) is 6.05. The summed E-state index contributed by atoms with van der Waals surface area (Å²) in [6.45, 7) is 3.71. The Bertz CT molecular complexity index is 660. The van der Waals surface area contributed by atoms with Gasteiger partial charge in [0.2, 0.25) is 0 Å². The van der Waals surface area contributed by atoms with Gasteiger partial charge in [-0.05, 0) is 31.0 Å². The standard InChI is InChI=1S/C15H14N2O3/c1-9-4-3-5-10(2)13(9)14(18)17-12-6-11(15(19)20)7-16-8-12/h3-8H,1-2H3,(H,17,18)(H,19,20). The Balaban J connectivity index is 2.28. The highest BCUT2D eigenvalue weighted by atomic mass is 16.4. The summed E-state index contributed by atoms with van der Waals surface area (Å²) in [6, 6.07) is 6.97. The van der Waals surface area contributed by atoms with E-state index < -0.39 is 5.97 Å². The fourth-order valence-corrected chi connectivity index (χ4v) is 1.99. The minimum absolute atomic E-state index is 0.0318. The first-order valence-corrected chi connectivity index (χ1v) is 6.05. The van der Waals surface area contributed by atoms with Gasteiger partial charge < -0.3 is 10.4 Å². The van der Waals surface area contributed by atoms with Crippen molar-refractivity contribution in [2.45, 2.75) is 13.8 Å². The molecule has 5 heteroatoms. The molecule has 0 fully saturated rings. The molecule has 5 nitrogen and oxygen atoms in total. The number of anilines is 1. The topological polar surface area (TPSA) is 79.3 Å². The quantitative estimate of drug-likeness (QED) is 0.898. The van der Waals surface area contributed by atoms with Crippen molar-refractivity contribution in [2.24, 2.45) is 0 Å². The van der Waals surface area contributed by atoms with E-state index in [1.54, 1.807) is 0 Å². The molecule has 0 radical (unpaired) electrons. The van der Waals surface area contributed by atoms with E-state index >= 15 is 0 Å². The molecular weight excluding hydrogens is 256 g/mol. The van der Waals surface area contributed by atoms with E-state index in [1.807, 2.05) is 32.0 Å². The zero-order valence-corrected chi connectivity index (χ0v) is 11.2. The van der Waals surface area contributed by atoms with Gasteiger partial charge in [-0.25, -0.2) is 4.79 Å². The zero-order valence-electron chi connectivity index (χ0n) is 11.2. The van der Waals surface area contributed by atoms with Gasteiger partial charge in [0.15, 0.2) is 0 Å². The number of hydrogen-bond acceptors (Lipinski definition) is 3. The lowest BCUT2D eigenvalue weighted by molar-refractivity contribution is 0.0696. The number of hydrogen-bond donors (Lipinski definition) is 2. The molecule has 20 heavy (non-hydrogen) atoms. The van der Waals surface area contributed by atoms with Crippen molar-refractivity contribution in [3.05, 3.63) is 58.9 Å². The first-order chi connectivity index (χ1) is 9.49. The molecule has 0 bridgehead atoms. The third-order valence-electron chi connectivity index (χ3n) is 2.95. The summed E-state index contributed by atoms with van der Waals surface area (Å²) >= 11 is 0. The molecule has 0 saturated heterocycles. The molecule has 0 atom stereocenters. The second-order valence-electron chi connectivity index (χ2n) is 4.49. The molecule has 0 saturated carbocycles. The molecule has 0 unspecified atom stereocenters.